The van der Waals surface area contributed by atoms with E-state index < -0.39 is 26.2 Å². The zero-order chi connectivity index (χ0) is 18.8. The number of sulfone groups is 1. The first-order chi connectivity index (χ1) is 10.8. The summed E-state index contributed by atoms with van der Waals surface area (Å²) in [6.07, 6.45) is 0.944. The van der Waals surface area contributed by atoms with Crippen LogP contribution in [0.1, 0.15) is 49.4 Å². The highest BCUT2D eigenvalue weighted by molar-refractivity contribution is 7.92. The van der Waals surface area contributed by atoms with Crippen LogP contribution in [0.2, 0.25) is 0 Å². The summed E-state index contributed by atoms with van der Waals surface area (Å²) in [5.41, 5.74) is 0.0657. The molecule has 0 aliphatic heterocycles. The molecule has 0 saturated heterocycles. The van der Waals surface area contributed by atoms with E-state index in [0.29, 0.717) is 4.88 Å². The number of carbonyl (C=O) groups is 2. The van der Waals surface area contributed by atoms with Gasteiger partial charge in [0.05, 0.1) is 4.88 Å². The first-order valence-corrected chi connectivity index (χ1v) is 10.3. The third kappa shape index (κ3) is 5.04. The number of esters is 1. The molecule has 24 heavy (non-hydrogen) atoms. The SMILES string of the molecule is Cc1ccsc1C(=O)NCCC(C)(C(=O)OC(C)(C)C)S(C)(=O)=O. The topological polar surface area (TPSA) is 89.5 Å². The van der Waals surface area contributed by atoms with Gasteiger partial charge >= 0.3 is 5.97 Å². The molecular weight excluding hydrogens is 350 g/mol. The largest absolute Gasteiger partial charge is 0.459 e. The van der Waals surface area contributed by atoms with E-state index in [1.165, 1.54) is 18.3 Å². The van der Waals surface area contributed by atoms with Gasteiger partial charge in [0.25, 0.3) is 5.91 Å². The summed E-state index contributed by atoms with van der Waals surface area (Å²) >= 11 is 1.31. The minimum absolute atomic E-state index is 0.0545. The summed E-state index contributed by atoms with van der Waals surface area (Å²) in [5.74, 6) is -1.08. The summed E-state index contributed by atoms with van der Waals surface area (Å²) in [7, 11) is -3.72. The van der Waals surface area contributed by atoms with Crippen molar-refractivity contribution in [1.82, 2.24) is 5.32 Å². The Balaban J connectivity index is 2.83. The first kappa shape index (κ1) is 20.6. The second-order valence-electron chi connectivity index (χ2n) is 6.94. The number of thiophene rings is 1. The average Bonchev–Trinajstić information content (AvgIpc) is 2.81. The molecule has 0 fully saturated rings. The highest BCUT2D eigenvalue weighted by Crippen LogP contribution is 2.25. The van der Waals surface area contributed by atoms with E-state index in [9.17, 15) is 18.0 Å². The van der Waals surface area contributed by atoms with Crippen LogP contribution in [0, 0.1) is 6.92 Å². The van der Waals surface area contributed by atoms with Gasteiger partial charge in [0.2, 0.25) is 0 Å². The monoisotopic (exact) mass is 375 g/mol. The fourth-order valence-electron chi connectivity index (χ4n) is 1.93. The van der Waals surface area contributed by atoms with Gasteiger partial charge in [-0.15, -0.1) is 11.3 Å². The van der Waals surface area contributed by atoms with Crippen LogP contribution in [0.25, 0.3) is 0 Å². The smallest absolute Gasteiger partial charge is 0.327 e. The molecule has 1 N–H and O–H groups in total. The lowest BCUT2D eigenvalue weighted by molar-refractivity contribution is -0.157. The standard InChI is InChI=1S/C16H25NO5S2/c1-11-7-10-23-12(11)13(18)17-9-8-16(5,24(6,20)21)14(19)22-15(2,3)4/h7,10H,8-9H2,1-6H3,(H,17,18). The molecule has 1 amide bonds. The van der Waals surface area contributed by atoms with Crippen LogP contribution in [-0.4, -0.2) is 43.4 Å². The minimum atomic E-state index is -3.72. The Morgan fingerprint density at radius 3 is 2.25 bits per heavy atom. The molecule has 1 aromatic rings. The molecule has 1 atom stereocenters. The maximum absolute atomic E-state index is 12.4. The van der Waals surface area contributed by atoms with Crippen molar-refractivity contribution >= 4 is 33.1 Å². The van der Waals surface area contributed by atoms with Gasteiger partial charge < -0.3 is 10.1 Å². The molecule has 1 heterocycles. The highest BCUT2D eigenvalue weighted by Gasteiger charge is 2.46. The van der Waals surface area contributed by atoms with Crippen LogP contribution in [0.4, 0.5) is 0 Å². The Bertz CT molecular complexity index is 715. The summed E-state index contributed by atoms with van der Waals surface area (Å²) in [6.45, 7) is 8.24. The number of amides is 1. The van der Waals surface area contributed by atoms with Gasteiger partial charge in [0.15, 0.2) is 14.6 Å². The van der Waals surface area contributed by atoms with Crippen molar-refractivity contribution in [1.29, 1.82) is 0 Å². The van der Waals surface area contributed by atoms with Crippen LogP contribution in [0.5, 0.6) is 0 Å². The van der Waals surface area contributed by atoms with E-state index in [-0.39, 0.29) is 18.9 Å². The molecule has 0 radical (unpaired) electrons. The van der Waals surface area contributed by atoms with Crippen LogP contribution < -0.4 is 5.32 Å². The van der Waals surface area contributed by atoms with E-state index in [1.807, 2.05) is 18.4 Å². The van der Waals surface area contributed by atoms with Crippen LogP contribution in [0.15, 0.2) is 11.4 Å². The molecule has 0 aliphatic carbocycles. The normalized spacial score (nSPS) is 14.8. The summed E-state index contributed by atoms with van der Waals surface area (Å²) < 4.78 is 27.8. The maximum atomic E-state index is 12.4. The molecule has 0 aliphatic rings. The highest BCUT2D eigenvalue weighted by atomic mass is 32.2. The lowest BCUT2D eigenvalue weighted by Crippen LogP contribution is -2.48. The Morgan fingerprint density at radius 2 is 1.83 bits per heavy atom. The van der Waals surface area contributed by atoms with Crippen molar-refractivity contribution < 1.29 is 22.7 Å². The molecule has 1 unspecified atom stereocenters. The summed E-state index contributed by atoms with van der Waals surface area (Å²) in [6, 6.07) is 1.83. The molecule has 1 aromatic heterocycles. The molecular formula is C16H25NO5S2. The molecule has 6 nitrogen and oxygen atoms in total. The molecule has 0 aromatic carbocycles. The Kier molecular flexibility index (Phi) is 6.21. The van der Waals surface area contributed by atoms with Gasteiger partial charge in [-0.25, -0.2) is 8.42 Å². The fraction of sp³-hybridized carbons (Fsp3) is 0.625. The van der Waals surface area contributed by atoms with E-state index in [0.717, 1.165) is 11.8 Å². The van der Waals surface area contributed by atoms with Gasteiger partial charge in [0.1, 0.15) is 5.60 Å². The van der Waals surface area contributed by atoms with Crippen molar-refractivity contribution in [3.63, 3.8) is 0 Å². The quantitative estimate of drug-likeness (QED) is 0.771. The van der Waals surface area contributed by atoms with E-state index in [4.69, 9.17) is 4.74 Å². The predicted octanol–water partition coefficient (Wildman–Crippen LogP) is 2.32. The number of carbonyl (C=O) groups excluding carboxylic acids is 2. The van der Waals surface area contributed by atoms with Crippen LogP contribution in [-0.2, 0) is 19.4 Å². The van der Waals surface area contributed by atoms with E-state index in [2.05, 4.69) is 5.32 Å². The van der Waals surface area contributed by atoms with E-state index in [1.54, 1.807) is 20.8 Å². The lowest BCUT2D eigenvalue weighted by Gasteiger charge is -2.30. The van der Waals surface area contributed by atoms with Gasteiger partial charge in [-0.3, -0.25) is 9.59 Å². The third-order valence-corrected chi connectivity index (χ3v) is 6.63. The van der Waals surface area contributed by atoms with Crippen molar-refractivity contribution in [3.8, 4) is 0 Å². The lowest BCUT2D eigenvalue weighted by atomic mass is 10.1. The molecule has 1 rings (SSSR count). The average molecular weight is 376 g/mol. The first-order valence-electron chi connectivity index (χ1n) is 7.53. The predicted molar refractivity (Wildman–Crippen MR) is 95.1 cm³/mol. The minimum Gasteiger partial charge on any atom is -0.459 e. The number of hydrogen-bond acceptors (Lipinski definition) is 6. The Morgan fingerprint density at radius 1 is 1.25 bits per heavy atom. The van der Waals surface area contributed by atoms with E-state index >= 15 is 0 Å². The number of aryl methyl sites for hydroxylation is 1. The molecule has 8 heteroatoms. The van der Waals surface area contributed by atoms with Crippen molar-refractivity contribution in [3.05, 3.63) is 21.9 Å². The number of nitrogens with one attached hydrogen (secondary N) is 1. The Labute approximate surface area is 147 Å². The van der Waals surface area contributed by atoms with Gasteiger partial charge in [-0.2, -0.15) is 0 Å². The van der Waals surface area contributed by atoms with Gasteiger partial charge in [0, 0.05) is 12.8 Å². The second kappa shape index (κ2) is 7.23. The van der Waals surface area contributed by atoms with Crippen molar-refractivity contribution in [2.24, 2.45) is 0 Å². The second-order valence-corrected chi connectivity index (χ2v) is 10.3. The van der Waals surface area contributed by atoms with Crippen LogP contribution in [0.3, 0.4) is 0 Å². The zero-order valence-corrected chi connectivity index (χ0v) is 16.6. The molecule has 0 bridgehead atoms. The van der Waals surface area contributed by atoms with Crippen molar-refractivity contribution in [2.75, 3.05) is 12.8 Å². The maximum Gasteiger partial charge on any atom is 0.327 e. The van der Waals surface area contributed by atoms with Gasteiger partial charge in [-0.1, -0.05) is 0 Å². The number of ether oxygens (including phenoxy) is 1. The number of hydrogen-bond donors (Lipinski definition) is 1. The Hall–Kier alpha value is -1.41. The van der Waals surface area contributed by atoms with Gasteiger partial charge in [-0.05, 0) is 58.0 Å². The summed E-state index contributed by atoms with van der Waals surface area (Å²) in [4.78, 5) is 25.0. The fourth-order valence-corrected chi connectivity index (χ4v) is 3.58. The van der Waals surface area contributed by atoms with Crippen LogP contribution >= 0.6 is 11.3 Å². The summed E-state index contributed by atoms with van der Waals surface area (Å²) in [5, 5.41) is 4.48. The zero-order valence-electron chi connectivity index (χ0n) is 14.9. The van der Waals surface area contributed by atoms with Crippen molar-refractivity contribution in [2.45, 2.75) is 51.4 Å². The molecule has 136 valence electrons. The third-order valence-electron chi connectivity index (χ3n) is 3.60. The number of rotatable bonds is 6. The molecule has 0 spiro atoms. The molecule has 0 saturated carbocycles.